The monoisotopic (exact) mass is 540 g/mol. The Morgan fingerprint density at radius 1 is 0.441 bits per heavy atom. The number of fused-ring (bicyclic) bond motifs is 2. The highest BCUT2D eigenvalue weighted by Gasteiger charge is 2.26. The van der Waals surface area contributed by atoms with Crippen molar-refractivity contribution in [3.8, 4) is 0 Å². The lowest BCUT2D eigenvalue weighted by atomic mass is 10.1. The quantitative estimate of drug-likeness (QED) is 0.316. The van der Waals surface area contributed by atoms with Crippen LogP contribution in [0.2, 0.25) is 0 Å². The van der Waals surface area contributed by atoms with Crippen molar-refractivity contribution in [2.75, 3.05) is 51.3 Å². The van der Waals surface area contributed by atoms with Gasteiger partial charge in [0, 0.05) is 49.3 Å². The first-order chi connectivity index (χ1) is 15.8. The van der Waals surface area contributed by atoms with E-state index in [4.69, 9.17) is 0 Å². The maximum Gasteiger partial charge on any atom is 0.0890 e. The molecule has 4 atom stereocenters. The molecule has 0 bridgehead atoms. The molecule has 0 fully saturated rings. The van der Waals surface area contributed by atoms with E-state index < -0.39 is 28.6 Å². The van der Waals surface area contributed by atoms with Crippen molar-refractivity contribution in [3.63, 3.8) is 0 Å². The molecule has 8 heteroatoms. The lowest BCUT2D eigenvalue weighted by molar-refractivity contribution is 0.570. The third kappa shape index (κ3) is 8.79. The van der Waals surface area contributed by atoms with Crippen LogP contribution in [-0.4, -0.2) is 51.3 Å². The topological polar surface area (TPSA) is 68.3 Å². The van der Waals surface area contributed by atoms with Crippen LogP contribution in [0, 0.1) is 0 Å². The first-order valence-corrected chi connectivity index (χ1v) is 22.2. The van der Waals surface area contributed by atoms with Gasteiger partial charge in [0.05, 0.1) is 28.6 Å². The summed E-state index contributed by atoms with van der Waals surface area (Å²) in [4.78, 5) is 0. The summed E-state index contributed by atoms with van der Waals surface area (Å²) in [6.45, 7) is 7.40. The van der Waals surface area contributed by atoms with Crippen LogP contribution in [0.25, 0.3) is 0 Å². The molecule has 1 heterocycles. The number of rotatable bonds is 0. The SMILES string of the molecule is CP1(=O)CCCP(C)(=O)Cc2ccccc2CP(C)(=O)CCCP(C)(=O)Cc2ccccc2C1. The molecule has 0 saturated heterocycles. The average Bonchev–Trinajstić information content (AvgIpc) is 2.69. The normalized spacial score (nSPS) is 34.2. The highest BCUT2D eigenvalue weighted by molar-refractivity contribution is 7.64. The molecule has 0 aromatic heterocycles. The second kappa shape index (κ2) is 11.2. The van der Waals surface area contributed by atoms with Crippen molar-refractivity contribution in [1.82, 2.24) is 0 Å². The van der Waals surface area contributed by atoms with E-state index >= 15 is 0 Å². The van der Waals surface area contributed by atoms with E-state index in [2.05, 4.69) is 0 Å². The van der Waals surface area contributed by atoms with Crippen LogP contribution in [0.3, 0.4) is 0 Å². The van der Waals surface area contributed by atoms with Crippen LogP contribution >= 0.6 is 28.6 Å². The molecule has 34 heavy (non-hydrogen) atoms. The smallest absolute Gasteiger partial charge is 0.0890 e. The molecule has 0 N–H and O–H groups in total. The van der Waals surface area contributed by atoms with E-state index in [0.29, 0.717) is 62.1 Å². The molecule has 2 aromatic rings. The van der Waals surface area contributed by atoms with Gasteiger partial charge in [0.1, 0.15) is 0 Å². The summed E-state index contributed by atoms with van der Waals surface area (Å²) in [7, 11) is -9.84. The zero-order valence-corrected chi connectivity index (χ0v) is 24.7. The van der Waals surface area contributed by atoms with Gasteiger partial charge < -0.3 is 18.3 Å². The van der Waals surface area contributed by atoms with Crippen LogP contribution in [0.5, 0.6) is 0 Å². The fraction of sp³-hybridized carbons (Fsp3) is 0.538. The van der Waals surface area contributed by atoms with Crippen LogP contribution < -0.4 is 0 Å². The first kappa shape index (κ1) is 27.9. The summed E-state index contributed by atoms with van der Waals surface area (Å²) in [6, 6.07) is 15.8. The molecule has 4 nitrogen and oxygen atoms in total. The molecule has 1 aliphatic rings. The van der Waals surface area contributed by atoms with E-state index in [9.17, 15) is 18.3 Å². The molecule has 0 amide bonds. The Balaban J connectivity index is 1.91. The first-order valence-electron chi connectivity index (χ1n) is 12.1. The molecule has 3 rings (SSSR count). The number of hydrogen-bond donors (Lipinski definition) is 0. The Hall–Kier alpha value is -0.640. The molecule has 1 aliphatic heterocycles. The van der Waals surface area contributed by atoms with Gasteiger partial charge >= 0.3 is 0 Å². The minimum absolute atomic E-state index is 0.490. The third-order valence-electron chi connectivity index (χ3n) is 6.78. The van der Waals surface area contributed by atoms with Crippen molar-refractivity contribution in [2.24, 2.45) is 0 Å². The predicted octanol–water partition coefficient (Wildman–Crippen LogP) is 8.15. The molecule has 188 valence electrons. The fourth-order valence-corrected chi connectivity index (χ4v) is 13.5. The zero-order valence-electron chi connectivity index (χ0n) is 21.1. The second-order valence-corrected chi connectivity index (χ2v) is 24.4. The molecule has 0 aliphatic carbocycles. The molecule has 2 aromatic carbocycles. The van der Waals surface area contributed by atoms with Crippen molar-refractivity contribution >= 4 is 28.6 Å². The number of hydrogen-bond acceptors (Lipinski definition) is 4. The fourth-order valence-electron chi connectivity index (χ4n) is 4.97. The van der Waals surface area contributed by atoms with Gasteiger partial charge in [0.25, 0.3) is 0 Å². The van der Waals surface area contributed by atoms with Crippen LogP contribution in [0.15, 0.2) is 48.5 Å². The van der Waals surface area contributed by atoms with Gasteiger partial charge in [-0.25, -0.2) is 0 Å². The molecule has 0 saturated carbocycles. The van der Waals surface area contributed by atoms with E-state index in [1.54, 1.807) is 0 Å². The van der Waals surface area contributed by atoms with Crippen molar-refractivity contribution in [1.29, 1.82) is 0 Å². The van der Waals surface area contributed by atoms with E-state index in [0.717, 1.165) is 22.3 Å². The van der Waals surface area contributed by atoms with Gasteiger partial charge in [-0.1, -0.05) is 48.5 Å². The Morgan fingerprint density at radius 2 is 0.647 bits per heavy atom. The van der Waals surface area contributed by atoms with Gasteiger partial charge in [0.2, 0.25) is 0 Å². The van der Waals surface area contributed by atoms with Crippen molar-refractivity contribution in [3.05, 3.63) is 70.8 Å². The van der Waals surface area contributed by atoms with E-state index in [1.165, 1.54) is 0 Å². The number of benzene rings is 2. The van der Waals surface area contributed by atoms with E-state index in [1.807, 2.05) is 75.2 Å². The van der Waals surface area contributed by atoms with Crippen LogP contribution in [0.4, 0.5) is 0 Å². The van der Waals surface area contributed by atoms with Gasteiger partial charge in [-0.05, 0) is 61.8 Å². The van der Waals surface area contributed by atoms with Crippen molar-refractivity contribution in [2.45, 2.75) is 37.5 Å². The maximum absolute atomic E-state index is 13.5. The lowest BCUT2D eigenvalue weighted by Crippen LogP contribution is -2.04. The van der Waals surface area contributed by atoms with Crippen molar-refractivity contribution < 1.29 is 18.3 Å². The summed E-state index contributed by atoms with van der Waals surface area (Å²) in [5, 5.41) is 0. The average molecular weight is 540 g/mol. The standard InChI is InChI=1S/C26H40O4P4/c1-31(27)15-9-16-32(2,28)21-25-13-7-8-14-26(25)22-34(4,30)18-10-17-33(3,29)20-24-12-6-5-11-23(24)19-31/h5-8,11-14H,9-10,15-22H2,1-4H3. The predicted molar refractivity (Wildman–Crippen MR) is 151 cm³/mol. The molecule has 0 spiro atoms. The van der Waals surface area contributed by atoms with Gasteiger partial charge in [0.15, 0.2) is 0 Å². The summed E-state index contributed by atoms with van der Waals surface area (Å²) in [5.74, 6) is 0. The highest BCUT2D eigenvalue weighted by Crippen LogP contribution is 2.54. The second-order valence-electron chi connectivity index (χ2n) is 11.0. The molecular formula is C26H40O4P4. The Labute approximate surface area is 206 Å². The van der Waals surface area contributed by atoms with Gasteiger partial charge in [-0.2, -0.15) is 0 Å². The molecular weight excluding hydrogens is 500 g/mol. The minimum Gasteiger partial charge on any atom is -0.323 e. The third-order valence-corrected chi connectivity index (χ3v) is 15.9. The van der Waals surface area contributed by atoms with Gasteiger partial charge in [-0.15, -0.1) is 0 Å². The molecule has 0 radical (unpaired) electrons. The summed E-state index contributed by atoms with van der Waals surface area (Å²) >= 11 is 0. The summed E-state index contributed by atoms with van der Waals surface area (Å²) < 4.78 is 53.8. The van der Waals surface area contributed by atoms with Crippen LogP contribution in [0.1, 0.15) is 35.1 Å². The Kier molecular flexibility index (Phi) is 9.18. The summed E-state index contributed by atoms with van der Waals surface area (Å²) in [6.07, 6.45) is 5.56. The van der Waals surface area contributed by atoms with E-state index in [-0.39, 0.29) is 0 Å². The van der Waals surface area contributed by atoms with Gasteiger partial charge in [-0.3, -0.25) is 0 Å². The molecule has 4 unspecified atom stereocenters. The Morgan fingerprint density at radius 3 is 0.853 bits per heavy atom. The largest absolute Gasteiger partial charge is 0.323 e. The highest BCUT2D eigenvalue weighted by atomic mass is 31.2. The zero-order chi connectivity index (χ0) is 25.0. The van der Waals surface area contributed by atoms with Crippen LogP contribution in [-0.2, 0) is 42.9 Å². The minimum atomic E-state index is -2.46. The lowest BCUT2D eigenvalue weighted by Gasteiger charge is -2.22. The Bertz CT molecular complexity index is 1020. The summed E-state index contributed by atoms with van der Waals surface area (Å²) in [5.41, 5.74) is 4.08. The maximum atomic E-state index is 13.5.